The molecule has 0 atom stereocenters. The van der Waals surface area contributed by atoms with Gasteiger partial charge in [-0.15, -0.1) is 0 Å². The predicted molar refractivity (Wildman–Crippen MR) is 56.2 cm³/mol. The summed E-state index contributed by atoms with van der Waals surface area (Å²) in [7, 11) is 0. The van der Waals surface area contributed by atoms with Gasteiger partial charge in [-0.3, -0.25) is 4.79 Å². The monoisotopic (exact) mass is 205 g/mol. The lowest BCUT2D eigenvalue weighted by molar-refractivity contribution is -0.117. The molecule has 0 unspecified atom stereocenters. The third kappa shape index (κ3) is 3.64. The van der Waals surface area contributed by atoms with Crippen LogP contribution in [-0.2, 0) is 4.79 Å². The molecule has 4 heteroatoms. The van der Waals surface area contributed by atoms with Gasteiger partial charge >= 0.3 is 5.97 Å². The van der Waals surface area contributed by atoms with Crippen LogP contribution in [0.15, 0.2) is 30.3 Å². The number of aromatic carboxylic acids is 1. The Balaban J connectivity index is 2.68. The minimum atomic E-state index is -0.956. The summed E-state index contributed by atoms with van der Waals surface area (Å²) in [5, 5.41) is 8.65. The average molecular weight is 205 g/mol. The highest BCUT2D eigenvalue weighted by molar-refractivity contribution is 5.87. The molecule has 1 aromatic carbocycles. The lowest BCUT2D eigenvalue weighted by Crippen LogP contribution is -2.07. The highest BCUT2D eigenvalue weighted by Gasteiger charge is 1.99. The van der Waals surface area contributed by atoms with E-state index in [4.69, 9.17) is 10.8 Å². The average Bonchev–Trinajstić information content (AvgIpc) is 2.18. The molecule has 0 saturated heterocycles. The van der Waals surface area contributed by atoms with Crippen molar-refractivity contribution in [3.05, 3.63) is 41.5 Å². The summed E-state index contributed by atoms with van der Waals surface area (Å²) in [6, 6.07) is 6.35. The van der Waals surface area contributed by atoms with E-state index in [2.05, 4.69) is 0 Å². The lowest BCUT2D eigenvalue weighted by Gasteiger charge is -1.95. The van der Waals surface area contributed by atoms with Crippen LogP contribution in [0.5, 0.6) is 0 Å². The topological polar surface area (TPSA) is 80.4 Å². The number of benzene rings is 1. The van der Waals surface area contributed by atoms with Gasteiger partial charge in [-0.05, 0) is 17.7 Å². The van der Waals surface area contributed by atoms with Crippen molar-refractivity contribution in [1.82, 2.24) is 0 Å². The molecule has 0 heterocycles. The van der Waals surface area contributed by atoms with Gasteiger partial charge in [0.15, 0.2) is 0 Å². The standard InChI is InChI=1S/C11H11NO3/c12-10(13)3-1-2-8-4-6-9(7-5-8)11(14)15/h1-2,4-7H,3H2,(H2,12,13)(H,14,15). The van der Waals surface area contributed by atoms with E-state index in [1.807, 2.05) is 0 Å². The van der Waals surface area contributed by atoms with E-state index in [1.54, 1.807) is 24.3 Å². The summed E-state index contributed by atoms with van der Waals surface area (Å²) in [5.41, 5.74) is 6.03. The summed E-state index contributed by atoms with van der Waals surface area (Å²) >= 11 is 0. The third-order valence-corrected chi connectivity index (χ3v) is 1.79. The molecule has 0 aliphatic rings. The van der Waals surface area contributed by atoms with Gasteiger partial charge in [-0.2, -0.15) is 0 Å². The number of hydrogen-bond acceptors (Lipinski definition) is 2. The fourth-order valence-electron chi connectivity index (χ4n) is 1.05. The molecule has 0 spiro atoms. The molecule has 4 nitrogen and oxygen atoms in total. The quantitative estimate of drug-likeness (QED) is 0.776. The number of carbonyl (C=O) groups is 2. The largest absolute Gasteiger partial charge is 0.478 e. The summed E-state index contributed by atoms with van der Waals surface area (Å²) < 4.78 is 0. The molecule has 0 aromatic heterocycles. The van der Waals surface area contributed by atoms with Crippen molar-refractivity contribution < 1.29 is 14.7 Å². The molecule has 1 amide bonds. The smallest absolute Gasteiger partial charge is 0.335 e. The maximum atomic E-state index is 10.5. The van der Waals surface area contributed by atoms with Crippen LogP contribution in [0.25, 0.3) is 6.08 Å². The molecular weight excluding hydrogens is 194 g/mol. The fraction of sp³-hybridized carbons (Fsp3) is 0.0909. The molecular formula is C11H11NO3. The number of primary amides is 1. The first-order valence-corrected chi connectivity index (χ1v) is 4.38. The maximum absolute atomic E-state index is 10.5. The zero-order valence-corrected chi connectivity index (χ0v) is 8.01. The molecule has 0 fully saturated rings. The third-order valence-electron chi connectivity index (χ3n) is 1.79. The zero-order valence-electron chi connectivity index (χ0n) is 8.01. The fourth-order valence-corrected chi connectivity index (χ4v) is 1.05. The predicted octanol–water partition coefficient (Wildman–Crippen LogP) is 1.27. The molecule has 3 N–H and O–H groups in total. The van der Waals surface area contributed by atoms with Gasteiger partial charge in [0.1, 0.15) is 0 Å². The first-order chi connectivity index (χ1) is 7.09. The lowest BCUT2D eigenvalue weighted by atomic mass is 10.1. The van der Waals surface area contributed by atoms with Crippen molar-refractivity contribution in [3.63, 3.8) is 0 Å². The summed E-state index contributed by atoms with van der Waals surface area (Å²) in [4.78, 5) is 21.0. The minimum Gasteiger partial charge on any atom is -0.478 e. The van der Waals surface area contributed by atoms with E-state index in [9.17, 15) is 9.59 Å². The molecule has 0 aliphatic carbocycles. The number of carbonyl (C=O) groups excluding carboxylic acids is 1. The molecule has 0 aliphatic heterocycles. The van der Waals surface area contributed by atoms with E-state index in [1.165, 1.54) is 12.1 Å². The van der Waals surface area contributed by atoms with Crippen LogP contribution in [0.3, 0.4) is 0 Å². The first-order valence-electron chi connectivity index (χ1n) is 4.38. The number of carboxylic acids is 1. The van der Waals surface area contributed by atoms with Gasteiger partial charge in [-0.1, -0.05) is 24.3 Å². The van der Waals surface area contributed by atoms with Gasteiger partial charge in [0.25, 0.3) is 0 Å². The number of amides is 1. The second-order valence-corrected chi connectivity index (χ2v) is 3.00. The number of rotatable bonds is 4. The van der Waals surface area contributed by atoms with Gasteiger partial charge in [0.2, 0.25) is 5.91 Å². The molecule has 0 bridgehead atoms. The maximum Gasteiger partial charge on any atom is 0.335 e. The van der Waals surface area contributed by atoms with Crippen molar-refractivity contribution in [2.45, 2.75) is 6.42 Å². The van der Waals surface area contributed by atoms with Crippen molar-refractivity contribution in [3.8, 4) is 0 Å². The van der Waals surface area contributed by atoms with Gasteiger partial charge < -0.3 is 10.8 Å². The Labute approximate surface area is 87.0 Å². The summed E-state index contributed by atoms with van der Waals surface area (Å²) in [6.45, 7) is 0. The van der Waals surface area contributed by atoms with E-state index < -0.39 is 11.9 Å². The first kappa shape index (κ1) is 11.0. The van der Waals surface area contributed by atoms with Crippen LogP contribution in [0.2, 0.25) is 0 Å². The second-order valence-electron chi connectivity index (χ2n) is 3.00. The van der Waals surface area contributed by atoms with Crippen LogP contribution >= 0.6 is 0 Å². The molecule has 1 rings (SSSR count). The van der Waals surface area contributed by atoms with Crippen LogP contribution in [0.4, 0.5) is 0 Å². The Morgan fingerprint density at radius 3 is 2.33 bits per heavy atom. The van der Waals surface area contributed by atoms with Crippen LogP contribution < -0.4 is 5.73 Å². The Kier molecular flexibility index (Phi) is 3.62. The molecule has 0 radical (unpaired) electrons. The Morgan fingerprint density at radius 1 is 1.27 bits per heavy atom. The van der Waals surface area contributed by atoms with Crippen LogP contribution in [-0.4, -0.2) is 17.0 Å². The van der Waals surface area contributed by atoms with Crippen molar-refractivity contribution in [2.24, 2.45) is 5.73 Å². The van der Waals surface area contributed by atoms with Crippen LogP contribution in [0, 0.1) is 0 Å². The Bertz CT molecular complexity index is 393. The second kappa shape index (κ2) is 4.95. The number of nitrogens with two attached hydrogens (primary N) is 1. The zero-order chi connectivity index (χ0) is 11.3. The van der Waals surface area contributed by atoms with E-state index in [0.717, 1.165) is 5.56 Å². The minimum absolute atomic E-state index is 0.181. The highest BCUT2D eigenvalue weighted by Crippen LogP contribution is 2.06. The van der Waals surface area contributed by atoms with Crippen molar-refractivity contribution in [1.29, 1.82) is 0 Å². The van der Waals surface area contributed by atoms with Crippen molar-refractivity contribution in [2.75, 3.05) is 0 Å². The van der Waals surface area contributed by atoms with Gasteiger partial charge in [0.05, 0.1) is 5.56 Å². The van der Waals surface area contributed by atoms with Gasteiger partial charge in [0, 0.05) is 6.42 Å². The normalized spacial score (nSPS) is 10.4. The molecule has 0 saturated carbocycles. The van der Waals surface area contributed by atoms with E-state index in [-0.39, 0.29) is 12.0 Å². The van der Waals surface area contributed by atoms with E-state index >= 15 is 0 Å². The summed E-state index contributed by atoms with van der Waals surface area (Å²) in [6.07, 6.45) is 3.54. The Morgan fingerprint density at radius 2 is 1.87 bits per heavy atom. The molecule has 15 heavy (non-hydrogen) atoms. The SMILES string of the molecule is NC(=O)CC=Cc1ccc(C(=O)O)cc1. The van der Waals surface area contributed by atoms with E-state index in [0.29, 0.717) is 0 Å². The van der Waals surface area contributed by atoms with Crippen molar-refractivity contribution >= 4 is 18.0 Å². The Hall–Kier alpha value is -2.10. The number of carboxylic acid groups (broad SMARTS) is 1. The van der Waals surface area contributed by atoms with Gasteiger partial charge in [-0.25, -0.2) is 4.79 Å². The summed E-state index contributed by atoms with van der Waals surface area (Å²) in [5.74, 6) is -1.35. The van der Waals surface area contributed by atoms with Crippen LogP contribution in [0.1, 0.15) is 22.3 Å². The highest BCUT2D eigenvalue weighted by atomic mass is 16.4. The molecule has 1 aromatic rings. The number of hydrogen-bond donors (Lipinski definition) is 2. The molecule has 78 valence electrons.